The number of rotatable bonds is 11. The molecule has 0 spiro atoms. The second-order valence-electron chi connectivity index (χ2n) is 3.63. The Bertz CT molecular complexity index is 205. The molecule has 0 saturated heterocycles. The summed E-state index contributed by atoms with van der Waals surface area (Å²) in [5, 5.41) is 0. The van der Waals surface area contributed by atoms with Crippen LogP contribution >= 0.6 is 0 Å². The van der Waals surface area contributed by atoms with Gasteiger partial charge >= 0.3 is 11.9 Å². The van der Waals surface area contributed by atoms with Gasteiger partial charge in [0.15, 0.2) is 0 Å². The fraction of sp³-hybridized carbons (Fsp3) is 0.833. The van der Waals surface area contributed by atoms with Crippen molar-refractivity contribution in [1.29, 1.82) is 0 Å². The van der Waals surface area contributed by atoms with E-state index < -0.39 is 0 Å². The monoisotopic (exact) mass is 262 g/mol. The first kappa shape index (κ1) is 16.9. The van der Waals surface area contributed by atoms with Crippen LogP contribution in [0.3, 0.4) is 0 Å². The van der Waals surface area contributed by atoms with Gasteiger partial charge in [0.1, 0.15) is 0 Å². The van der Waals surface area contributed by atoms with Crippen LogP contribution in [0.4, 0.5) is 0 Å². The Morgan fingerprint density at radius 3 is 1.44 bits per heavy atom. The zero-order valence-corrected chi connectivity index (χ0v) is 11.1. The maximum absolute atomic E-state index is 11.1. The Morgan fingerprint density at radius 1 is 0.722 bits per heavy atom. The third-order valence-corrected chi connectivity index (χ3v) is 2.09. The molecule has 106 valence electrons. The number of hydrogen-bond donors (Lipinski definition) is 0. The zero-order valence-electron chi connectivity index (χ0n) is 11.1. The summed E-state index contributed by atoms with van der Waals surface area (Å²) < 4.78 is 19.4. The number of ether oxygens (including phenoxy) is 4. The molecule has 0 aromatic rings. The Morgan fingerprint density at radius 2 is 1.11 bits per heavy atom. The highest BCUT2D eigenvalue weighted by molar-refractivity contribution is 5.69. The highest BCUT2D eigenvalue weighted by Gasteiger charge is 2.03. The summed E-state index contributed by atoms with van der Waals surface area (Å²) >= 11 is 0. The Kier molecular flexibility index (Phi) is 11.5. The van der Waals surface area contributed by atoms with Gasteiger partial charge in [0.05, 0.1) is 39.3 Å². The highest BCUT2D eigenvalue weighted by Crippen LogP contribution is 1.96. The molecular weight excluding hydrogens is 240 g/mol. The average Bonchev–Trinajstić information content (AvgIpc) is 2.37. The fourth-order valence-corrected chi connectivity index (χ4v) is 1.09. The van der Waals surface area contributed by atoms with E-state index in [4.69, 9.17) is 18.9 Å². The largest absolute Gasteiger partial charge is 0.466 e. The van der Waals surface area contributed by atoms with Crippen LogP contribution in [-0.4, -0.2) is 52.6 Å². The van der Waals surface area contributed by atoms with Crippen molar-refractivity contribution in [1.82, 2.24) is 0 Å². The van der Waals surface area contributed by atoms with Gasteiger partial charge in [-0.2, -0.15) is 0 Å². The first-order chi connectivity index (χ1) is 8.70. The molecule has 0 aliphatic carbocycles. The van der Waals surface area contributed by atoms with E-state index >= 15 is 0 Å². The molecule has 0 aliphatic rings. The third-order valence-electron chi connectivity index (χ3n) is 2.09. The van der Waals surface area contributed by atoms with Gasteiger partial charge in [-0.3, -0.25) is 9.59 Å². The maximum Gasteiger partial charge on any atom is 0.308 e. The topological polar surface area (TPSA) is 71.1 Å². The molecule has 0 unspecified atom stereocenters. The van der Waals surface area contributed by atoms with Crippen LogP contribution in [0.1, 0.15) is 25.7 Å². The van der Waals surface area contributed by atoms with Gasteiger partial charge in [0.25, 0.3) is 0 Å². The minimum atomic E-state index is -0.270. The van der Waals surface area contributed by atoms with E-state index in [2.05, 4.69) is 0 Å². The predicted molar refractivity (Wildman–Crippen MR) is 64.1 cm³/mol. The number of carbonyl (C=O) groups is 2. The van der Waals surface area contributed by atoms with E-state index in [0.29, 0.717) is 39.3 Å². The van der Waals surface area contributed by atoms with Crippen LogP contribution in [0.2, 0.25) is 0 Å². The summed E-state index contributed by atoms with van der Waals surface area (Å²) in [4.78, 5) is 22.1. The SMILES string of the molecule is COCCC(=O)OCCCCOC(=O)CCOC. The van der Waals surface area contributed by atoms with Crippen LogP contribution < -0.4 is 0 Å². The molecule has 6 heteroatoms. The normalized spacial score (nSPS) is 10.1. The van der Waals surface area contributed by atoms with Gasteiger partial charge in [-0.25, -0.2) is 0 Å². The second-order valence-corrected chi connectivity index (χ2v) is 3.63. The highest BCUT2D eigenvalue weighted by atomic mass is 16.5. The summed E-state index contributed by atoms with van der Waals surface area (Å²) in [5.41, 5.74) is 0. The van der Waals surface area contributed by atoms with Crippen molar-refractivity contribution in [3.8, 4) is 0 Å². The molecule has 0 aliphatic heterocycles. The first-order valence-corrected chi connectivity index (χ1v) is 5.99. The van der Waals surface area contributed by atoms with Crippen molar-refractivity contribution in [2.45, 2.75) is 25.7 Å². The lowest BCUT2D eigenvalue weighted by molar-refractivity contribution is -0.147. The molecule has 0 heterocycles. The van der Waals surface area contributed by atoms with E-state index in [-0.39, 0.29) is 24.8 Å². The van der Waals surface area contributed by atoms with Crippen LogP contribution in [0.25, 0.3) is 0 Å². The van der Waals surface area contributed by atoms with Crippen molar-refractivity contribution in [2.24, 2.45) is 0 Å². The second kappa shape index (κ2) is 12.3. The van der Waals surface area contributed by atoms with Crippen molar-refractivity contribution >= 4 is 11.9 Å². The van der Waals surface area contributed by atoms with Gasteiger partial charge < -0.3 is 18.9 Å². The van der Waals surface area contributed by atoms with Crippen LogP contribution in [0.5, 0.6) is 0 Å². The van der Waals surface area contributed by atoms with E-state index in [1.807, 2.05) is 0 Å². The summed E-state index contributed by atoms with van der Waals surface area (Å²) in [6.45, 7) is 1.43. The zero-order chi connectivity index (χ0) is 13.6. The quantitative estimate of drug-likeness (QED) is 0.407. The number of methoxy groups -OCH3 is 2. The Labute approximate surface area is 108 Å². The summed E-state index contributed by atoms with van der Waals surface area (Å²) in [6, 6.07) is 0. The summed E-state index contributed by atoms with van der Waals surface area (Å²) in [6.07, 6.45) is 1.89. The smallest absolute Gasteiger partial charge is 0.308 e. The van der Waals surface area contributed by atoms with Gasteiger partial charge in [0.2, 0.25) is 0 Å². The number of unbranched alkanes of at least 4 members (excludes halogenated alkanes) is 1. The fourth-order valence-electron chi connectivity index (χ4n) is 1.09. The number of esters is 2. The van der Waals surface area contributed by atoms with Crippen molar-refractivity contribution in [2.75, 3.05) is 40.6 Å². The van der Waals surface area contributed by atoms with Crippen molar-refractivity contribution < 1.29 is 28.5 Å². The molecule has 0 N–H and O–H groups in total. The molecule has 0 amide bonds. The molecule has 0 aromatic carbocycles. The molecule has 0 rings (SSSR count). The van der Waals surface area contributed by atoms with Crippen LogP contribution in [0.15, 0.2) is 0 Å². The van der Waals surface area contributed by atoms with E-state index in [1.165, 1.54) is 14.2 Å². The van der Waals surface area contributed by atoms with Crippen LogP contribution in [0, 0.1) is 0 Å². The Hall–Kier alpha value is -1.14. The summed E-state index contributed by atoms with van der Waals surface area (Å²) in [5.74, 6) is -0.539. The van der Waals surface area contributed by atoms with E-state index in [1.54, 1.807) is 0 Å². The maximum atomic E-state index is 11.1. The van der Waals surface area contributed by atoms with Gasteiger partial charge in [-0.05, 0) is 12.8 Å². The standard InChI is InChI=1S/C12H22O6/c1-15-9-5-11(13)17-7-3-4-8-18-12(14)6-10-16-2/h3-10H2,1-2H3. The van der Waals surface area contributed by atoms with Crippen LogP contribution in [-0.2, 0) is 28.5 Å². The Balaban J connectivity index is 3.25. The van der Waals surface area contributed by atoms with Gasteiger partial charge in [0, 0.05) is 14.2 Å². The van der Waals surface area contributed by atoms with Crippen molar-refractivity contribution in [3.05, 3.63) is 0 Å². The van der Waals surface area contributed by atoms with Gasteiger partial charge in [-0.1, -0.05) is 0 Å². The van der Waals surface area contributed by atoms with E-state index in [0.717, 1.165) is 0 Å². The molecule has 0 fully saturated rings. The lowest BCUT2D eigenvalue weighted by Crippen LogP contribution is -2.11. The van der Waals surface area contributed by atoms with Gasteiger partial charge in [-0.15, -0.1) is 0 Å². The molecule has 0 bridgehead atoms. The minimum absolute atomic E-state index is 0.266. The number of hydrogen-bond acceptors (Lipinski definition) is 6. The molecule has 0 saturated carbocycles. The average molecular weight is 262 g/mol. The lowest BCUT2D eigenvalue weighted by atomic mass is 10.3. The van der Waals surface area contributed by atoms with Crippen molar-refractivity contribution in [3.63, 3.8) is 0 Å². The number of carbonyl (C=O) groups excluding carboxylic acids is 2. The summed E-state index contributed by atoms with van der Waals surface area (Å²) in [7, 11) is 3.07. The molecule has 0 aromatic heterocycles. The first-order valence-electron chi connectivity index (χ1n) is 5.99. The molecule has 0 atom stereocenters. The lowest BCUT2D eigenvalue weighted by Gasteiger charge is -2.05. The molecule has 18 heavy (non-hydrogen) atoms. The molecule has 6 nitrogen and oxygen atoms in total. The minimum Gasteiger partial charge on any atom is -0.466 e. The third kappa shape index (κ3) is 11.3. The molecule has 0 radical (unpaired) electrons. The molecular formula is C12H22O6. The predicted octanol–water partition coefficient (Wildman–Crippen LogP) is 0.926. The van der Waals surface area contributed by atoms with E-state index in [9.17, 15) is 9.59 Å².